The molecule has 0 aliphatic heterocycles. The monoisotopic (exact) mass is 285 g/mol. The number of nitrogens with one attached hydrogen (secondary N) is 1. The number of hydrogen-bond donors (Lipinski definition) is 2. The molecule has 0 bridgehead atoms. The van der Waals surface area contributed by atoms with Gasteiger partial charge in [-0.2, -0.15) is 20.1 Å². The van der Waals surface area contributed by atoms with Gasteiger partial charge in [-0.05, 0) is 12.5 Å². The molecule has 3 rings (SSSR count). The molecule has 0 aliphatic rings. The molecular weight excluding hydrogens is 270 g/mol. The van der Waals surface area contributed by atoms with Crippen molar-refractivity contribution in [1.29, 1.82) is 0 Å². The van der Waals surface area contributed by atoms with E-state index in [-0.39, 0.29) is 5.95 Å². The van der Waals surface area contributed by atoms with Crippen molar-refractivity contribution < 1.29 is 0 Å². The Hall–Kier alpha value is -2.81. The molecular formula is C12H15N9. The van der Waals surface area contributed by atoms with Crippen molar-refractivity contribution in [3.8, 4) is 11.9 Å². The lowest BCUT2D eigenvalue weighted by Crippen LogP contribution is -2.17. The zero-order chi connectivity index (χ0) is 14.7. The molecule has 0 aromatic carbocycles. The van der Waals surface area contributed by atoms with Crippen LogP contribution in [0.3, 0.4) is 0 Å². The molecule has 0 unspecified atom stereocenters. The molecule has 0 saturated heterocycles. The SMILES string of the molecule is CCCc1nccn1-c1nc(NN)nc(-n2cccn2)n1. The predicted octanol–water partition coefficient (Wildman–Crippen LogP) is 0.481. The van der Waals surface area contributed by atoms with E-state index >= 15 is 0 Å². The molecule has 0 saturated carbocycles. The molecule has 9 nitrogen and oxygen atoms in total. The van der Waals surface area contributed by atoms with Crippen LogP contribution in [0.5, 0.6) is 0 Å². The van der Waals surface area contributed by atoms with Crippen LogP contribution in [-0.2, 0) is 6.42 Å². The number of nitrogen functional groups attached to an aromatic ring is 1. The van der Waals surface area contributed by atoms with Crippen molar-refractivity contribution in [2.24, 2.45) is 5.84 Å². The summed E-state index contributed by atoms with van der Waals surface area (Å²) in [5.41, 5.74) is 2.45. The molecule has 0 spiro atoms. The average Bonchev–Trinajstić information content (AvgIpc) is 3.18. The number of anilines is 1. The third-order valence-corrected chi connectivity index (χ3v) is 2.86. The zero-order valence-electron chi connectivity index (χ0n) is 11.5. The normalized spacial score (nSPS) is 10.8. The first kappa shape index (κ1) is 13.2. The Kier molecular flexibility index (Phi) is 3.56. The summed E-state index contributed by atoms with van der Waals surface area (Å²) in [5, 5.41) is 4.11. The average molecular weight is 285 g/mol. The van der Waals surface area contributed by atoms with Crippen LogP contribution in [0.4, 0.5) is 5.95 Å². The topological polar surface area (TPSA) is 112 Å². The van der Waals surface area contributed by atoms with Gasteiger partial charge in [0.15, 0.2) is 0 Å². The maximum atomic E-state index is 5.43. The Morgan fingerprint density at radius 1 is 1.14 bits per heavy atom. The maximum absolute atomic E-state index is 5.43. The van der Waals surface area contributed by atoms with E-state index in [1.807, 2.05) is 10.8 Å². The van der Waals surface area contributed by atoms with Gasteiger partial charge in [-0.1, -0.05) is 6.92 Å². The first-order chi connectivity index (χ1) is 10.3. The van der Waals surface area contributed by atoms with Gasteiger partial charge in [-0.15, -0.1) is 0 Å². The Balaban J connectivity index is 2.09. The van der Waals surface area contributed by atoms with Gasteiger partial charge in [0.1, 0.15) is 5.82 Å². The Bertz CT molecular complexity index is 716. The quantitative estimate of drug-likeness (QED) is 0.518. The minimum atomic E-state index is 0.265. The molecule has 0 atom stereocenters. The second kappa shape index (κ2) is 5.67. The largest absolute Gasteiger partial charge is 0.292 e. The van der Waals surface area contributed by atoms with Crippen molar-refractivity contribution in [3.63, 3.8) is 0 Å². The fourth-order valence-corrected chi connectivity index (χ4v) is 1.94. The summed E-state index contributed by atoms with van der Waals surface area (Å²) in [6.45, 7) is 2.09. The Labute approximate surface area is 120 Å². The van der Waals surface area contributed by atoms with Crippen molar-refractivity contribution in [3.05, 3.63) is 36.7 Å². The highest BCUT2D eigenvalue weighted by atomic mass is 15.4. The fourth-order valence-electron chi connectivity index (χ4n) is 1.94. The minimum absolute atomic E-state index is 0.265. The second-order valence-electron chi connectivity index (χ2n) is 4.32. The summed E-state index contributed by atoms with van der Waals surface area (Å²) in [7, 11) is 0. The fraction of sp³-hybridized carbons (Fsp3) is 0.250. The van der Waals surface area contributed by atoms with E-state index in [0.717, 1.165) is 18.7 Å². The van der Waals surface area contributed by atoms with Gasteiger partial charge in [0, 0.05) is 31.2 Å². The molecule has 0 radical (unpaired) electrons. The molecule has 3 aromatic rings. The first-order valence-electron chi connectivity index (χ1n) is 6.57. The summed E-state index contributed by atoms with van der Waals surface area (Å²) in [4.78, 5) is 17.2. The summed E-state index contributed by atoms with van der Waals surface area (Å²) >= 11 is 0. The summed E-state index contributed by atoms with van der Waals surface area (Å²) in [5.74, 6) is 7.42. The third-order valence-electron chi connectivity index (χ3n) is 2.86. The number of aromatic nitrogens is 7. The number of hydrazine groups is 1. The molecule has 21 heavy (non-hydrogen) atoms. The standard InChI is InChI=1S/C12H15N9/c1-2-4-9-14-6-8-20(9)11-16-10(19-13)17-12(18-11)21-7-3-5-15-21/h3,5-8H,2,4,13H2,1H3,(H,16,17,18,19). The highest BCUT2D eigenvalue weighted by Gasteiger charge is 2.12. The molecule has 0 amide bonds. The van der Waals surface area contributed by atoms with Gasteiger partial charge in [-0.3, -0.25) is 9.99 Å². The van der Waals surface area contributed by atoms with Gasteiger partial charge in [0.2, 0.25) is 11.9 Å². The van der Waals surface area contributed by atoms with Crippen LogP contribution in [0.1, 0.15) is 19.2 Å². The number of hydrogen-bond acceptors (Lipinski definition) is 7. The Morgan fingerprint density at radius 3 is 2.71 bits per heavy atom. The molecule has 108 valence electrons. The summed E-state index contributed by atoms with van der Waals surface area (Å²) in [6, 6.07) is 1.79. The maximum Gasteiger partial charge on any atom is 0.257 e. The second-order valence-corrected chi connectivity index (χ2v) is 4.32. The van der Waals surface area contributed by atoms with Crippen molar-refractivity contribution in [1.82, 2.24) is 34.3 Å². The van der Waals surface area contributed by atoms with E-state index < -0.39 is 0 Å². The van der Waals surface area contributed by atoms with E-state index in [2.05, 4.69) is 37.4 Å². The smallest absolute Gasteiger partial charge is 0.257 e. The van der Waals surface area contributed by atoms with Crippen LogP contribution in [0.15, 0.2) is 30.9 Å². The predicted molar refractivity (Wildman–Crippen MR) is 75.9 cm³/mol. The highest BCUT2D eigenvalue weighted by Crippen LogP contribution is 2.11. The summed E-state index contributed by atoms with van der Waals surface area (Å²) in [6.07, 6.45) is 8.75. The number of nitrogens with zero attached hydrogens (tertiary/aromatic N) is 7. The lowest BCUT2D eigenvalue weighted by Gasteiger charge is -2.09. The number of aryl methyl sites for hydroxylation is 1. The van der Waals surface area contributed by atoms with E-state index in [1.54, 1.807) is 29.3 Å². The molecule has 9 heteroatoms. The van der Waals surface area contributed by atoms with Crippen molar-refractivity contribution in [2.75, 3.05) is 5.43 Å². The number of imidazole rings is 1. The van der Waals surface area contributed by atoms with Crippen LogP contribution in [0, 0.1) is 0 Å². The molecule has 3 N–H and O–H groups in total. The Morgan fingerprint density at radius 2 is 2.00 bits per heavy atom. The van der Waals surface area contributed by atoms with Gasteiger partial charge in [0.05, 0.1) is 0 Å². The molecule has 0 fully saturated rings. The van der Waals surface area contributed by atoms with E-state index in [4.69, 9.17) is 5.84 Å². The third kappa shape index (κ3) is 2.58. The zero-order valence-corrected chi connectivity index (χ0v) is 11.5. The highest BCUT2D eigenvalue weighted by molar-refractivity contribution is 5.32. The molecule has 3 heterocycles. The van der Waals surface area contributed by atoms with Crippen LogP contribution < -0.4 is 11.3 Å². The van der Waals surface area contributed by atoms with Gasteiger partial charge in [0.25, 0.3) is 5.95 Å². The van der Waals surface area contributed by atoms with Gasteiger partial charge >= 0.3 is 0 Å². The van der Waals surface area contributed by atoms with Crippen LogP contribution in [0.2, 0.25) is 0 Å². The lowest BCUT2D eigenvalue weighted by atomic mass is 10.3. The van der Waals surface area contributed by atoms with Crippen LogP contribution >= 0.6 is 0 Å². The van der Waals surface area contributed by atoms with Crippen molar-refractivity contribution >= 4 is 5.95 Å². The first-order valence-corrected chi connectivity index (χ1v) is 6.57. The van der Waals surface area contributed by atoms with E-state index in [9.17, 15) is 0 Å². The van der Waals surface area contributed by atoms with Crippen LogP contribution in [0.25, 0.3) is 11.9 Å². The molecule has 0 aliphatic carbocycles. The van der Waals surface area contributed by atoms with Crippen LogP contribution in [-0.4, -0.2) is 34.3 Å². The van der Waals surface area contributed by atoms with E-state index in [0.29, 0.717) is 11.9 Å². The summed E-state index contributed by atoms with van der Waals surface area (Å²) < 4.78 is 3.36. The molecule has 3 aromatic heterocycles. The minimum Gasteiger partial charge on any atom is -0.292 e. The van der Waals surface area contributed by atoms with Gasteiger partial charge < -0.3 is 0 Å². The lowest BCUT2D eigenvalue weighted by molar-refractivity contribution is 0.746. The van der Waals surface area contributed by atoms with Crippen molar-refractivity contribution in [2.45, 2.75) is 19.8 Å². The number of rotatable bonds is 5. The van der Waals surface area contributed by atoms with E-state index in [1.165, 1.54) is 0 Å². The number of nitrogens with two attached hydrogens (primary N) is 1. The van der Waals surface area contributed by atoms with Gasteiger partial charge in [-0.25, -0.2) is 15.5 Å².